The van der Waals surface area contributed by atoms with E-state index in [1.165, 1.54) is 16.9 Å². The number of rotatable bonds is 11. The van der Waals surface area contributed by atoms with Gasteiger partial charge in [0.05, 0.1) is 33.9 Å². The Kier molecular flexibility index (Phi) is 9.10. The number of halogens is 7. The van der Waals surface area contributed by atoms with Gasteiger partial charge in [-0.3, -0.25) is 28.8 Å². The average molecular weight is 815 g/mol. The zero-order valence-electron chi connectivity index (χ0n) is 29.2. The van der Waals surface area contributed by atoms with Crippen LogP contribution in [0.1, 0.15) is 53.0 Å². The van der Waals surface area contributed by atoms with Crippen molar-refractivity contribution in [3.8, 4) is 22.3 Å². The molecule has 3 unspecified atom stereocenters. The molecule has 0 spiro atoms. The summed E-state index contributed by atoms with van der Waals surface area (Å²) >= 11 is 6.62. The molecule has 11 nitrogen and oxygen atoms in total. The lowest BCUT2D eigenvalue weighted by molar-refractivity contribution is -0.123. The molecule has 0 saturated heterocycles. The number of benzene rings is 2. The highest BCUT2D eigenvalue weighted by atomic mass is 35.5. The highest BCUT2D eigenvalue weighted by Crippen LogP contribution is 2.68. The molecule has 2 N–H and O–H groups in total. The van der Waals surface area contributed by atoms with Crippen LogP contribution in [-0.2, 0) is 40.8 Å². The summed E-state index contributed by atoms with van der Waals surface area (Å²) in [5, 5.41) is 11.2. The molecule has 4 aromatic heterocycles. The van der Waals surface area contributed by atoms with Crippen LogP contribution in [0.25, 0.3) is 33.2 Å². The van der Waals surface area contributed by atoms with E-state index in [0.29, 0.717) is 38.5 Å². The lowest BCUT2D eigenvalue weighted by atomic mass is 9.92. The van der Waals surface area contributed by atoms with Crippen molar-refractivity contribution >= 4 is 44.3 Å². The number of carbonyl (C=O) groups is 1. The van der Waals surface area contributed by atoms with Crippen molar-refractivity contribution in [1.82, 2.24) is 34.8 Å². The number of hydrogen-bond donors (Lipinski definition) is 2. The zero-order chi connectivity index (χ0) is 39.8. The third kappa shape index (κ3) is 6.73. The maximum absolute atomic E-state index is 15.4. The first-order chi connectivity index (χ1) is 26.5. The number of nitrogens with zero attached hydrogens (tertiary/aromatic N) is 6. The number of amides is 1. The average Bonchev–Trinajstić information content (AvgIpc) is 3.66. The Morgan fingerprint density at radius 2 is 1.77 bits per heavy atom. The quantitative estimate of drug-likeness (QED) is 0.130. The zero-order valence-corrected chi connectivity index (χ0v) is 30.8. The molecule has 19 heteroatoms. The molecular weight excluding hydrogens is 786 g/mol. The van der Waals surface area contributed by atoms with Crippen molar-refractivity contribution in [2.75, 3.05) is 11.0 Å². The molecule has 1 saturated carbocycles. The Morgan fingerprint density at radius 3 is 2.45 bits per heavy atom. The van der Waals surface area contributed by atoms with Gasteiger partial charge in [0.15, 0.2) is 5.82 Å². The molecule has 56 heavy (non-hydrogen) atoms. The second kappa shape index (κ2) is 13.6. The molecule has 290 valence electrons. The SMILES string of the molecule is Cn1nc(NS(C)(=O)=O)c2c(Cl)ccc(-c3cc(-c4cccnc4)cnc3C(Cc3cc(F)cc(F)c3)NC(=O)Cn3nc(C(F)F)c4c3C(F)(F)C3CC43)c21. The fraction of sp³-hybridized carbons (Fsp3) is 0.270. The Hall–Kier alpha value is -5.49. The second-order valence-corrected chi connectivity index (χ2v) is 16.0. The molecule has 4 heterocycles. The normalized spacial score (nSPS) is 17.5. The first-order valence-corrected chi connectivity index (χ1v) is 19.3. The van der Waals surface area contributed by atoms with Crippen LogP contribution in [0.15, 0.2) is 67.1 Å². The Morgan fingerprint density at radius 1 is 1.02 bits per heavy atom. The highest BCUT2D eigenvalue weighted by molar-refractivity contribution is 7.92. The predicted octanol–water partition coefficient (Wildman–Crippen LogP) is 7.44. The maximum atomic E-state index is 15.4. The highest BCUT2D eigenvalue weighted by Gasteiger charge is 2.67. The Labute approximate surface area is 319 Å². The molecule has 2 aliphatic rings. The van der Waals surface area contributed by atoms with Crippen molar-refractivity contribution in [3.05, 3.63) is 112 Å². The van der Waals surface area contributed by atoms with Gasteiger partial charge in [0, 0.05) is 65.4 Å². The Bertz CT molecular complexity index is 2650. The summed E-state index contributed by atoms with van der Waals surface area (Å²) in [7, 11) is -2.26. The van der Waals surface area contributed by atoms with Gasteiger partial charge in [0.25, 0.3) is 12.3 Å². The van der Waals surface area contributed by atoms with E-state index in [-0.39, 0.29) is 45.9 Å². The number of aromatic nitrogens is 6. The Balaban J connectivity index is 1.28. The number of carbonyl (C=O) groups excluding carboxylic acids is 1. The largest absolute Gasteiger partial charge is 0.346 e. The summed E-state index contributed by atoms with van der Waals surface area (Å²) in [5.41, 5.74) is 0.690. The molecule has 1 amide bonds. The number of nitrogens with one attached hydrogen (secondary N) is 2. The number of fused-ring (bicyclic) bond motifs is 4. The fourth-order valence-corrected chi connectivity index (χ4v) is 8.37. The molecule has 0 bridgehead atoms. The van der Waals surface area contributed by atoms with Crippen LogP contribution in [0.5, 0.6) is 0 Å². The molecule has 1 fully saturated rings. The van der Waals surface area contributed by atoms with Crippen LogP contribution in [0.4, 0.5) is 32.2 Å². The summed E-state index contributed by atoms with van der Waals surface area (Å²) in [6.07, 6.45) is 2.19. The number of anilines is 1. The van der Waals surface area contributed by atoms with E-state index in [4.69, 9.17) is 16.6 Å². The molecule has 6 aromatic rings. The van der Waals surface area contributed by atoms with Crippen LogP contribution in [0.3, 0.4) is 0 Å². The molecule has 3 atom stereocenters. The minimum absolute atomic E-state index is 0.0355. The van der Waals surface area contributed by atoms with Crippen LogP contribution in [-0.4, -0.2) is 50.1 Å². The van der Waals surface area contributed by atoms with Gasteiger partial charge in [-0.15, -0.1) is 0 Å². The van der Waals surface area contributed by atoms with Crippen molar-refractivity contribution in [2.45, 2.75) is 43.7 Å². The first-order valence-electron chi connectivity index (χ1n) is 17.0. The third-order valence-electron chi connectivity index (χ3n) is 9.91. The summed E-state index contributed by atoms with van der Waals surface area (Å²) in [5.74, 6) is -8.23. The predicted molar refractivity (Wildman–Crippen MR) is 194 cm³/mol. The fourth-order valence-electron chi connectivity index (χ4n) is 7.64. The van der Waals surface area contributed by atoms with E-state index < -0.39 is 75.7 Å². The van der Waals surface area contributed by atoms with E-state index in [1.807, 2.05) is 0 Å². The monoisotopic (exact) mass is 814 g/mol. The molecule has 0 aliphatic heterocycles. The lowest BCUT2D eigenvalue weighted by Crippen LogP contribution is -2.35. The number of pyridine rings is 2. The number of aryl methyl sites for hydroxylation is 1. The van der Waals surface area contributed by atoms with Gasteiger partial charge >= 0.3 is 0 Å². The molecular formula is C37H29ClF6N8O3S. The lowest BCUT2D eigenvalue weighted by Gasteiger charge is -2.23. The van der Waals surface area contributed by atoms with Gasteiger partial charge in [0.2, 0.25) is 15.9 Å². The van der Waals surface area contributed by atoms with Crippen LogP contribution in [0.2, 0.25) is 5.02 Å². The van der Waals surface area contributed by atoms with Gasteiger partial charge in [0.1, 0.15) is 29.6 Å². The number of hydrogen-bond acceptors (Lipinski definition) is 7. The number of sulfonamides is 1. The molecule has 2 aliphatic carbocycles. The van der Waals surface area contributed by atoms with Gasteiger partial charge in [-0.05, 0) is 54.7 Å². The van der Waals surface area contributed by atoms with E-state index >= 15 is 8.78 Å². The topological polar surface area (TPSA) is 137 Å². The van der Waals surface area contributed by atoms with Crippen molar-refractivity contribution in [2.24, 2.45) is 13.0 Å². The summed E-state index contributed by atoms with van der Waals surface area (Å²) in [6.45, 7) is -0.880. The van der Waals surface area contributed by atoms with Gasteiger partial charge in [-0.1, -0.05) is 23.7 Å². The standard InChI is InChI=1S/C37H29ClF6N8O3S/c1-51-33-22(5-6-26(38)30(33)36(49-51)50-56(2,54)55)23-11-19(18-4-3-7-45-14-18)15-46-31(23)27(10-17-8-20(39)12-21(40)9-17)47-28(53)16-52-34-29(32(48-52)35(41)42)24-13-25(24)37(34,43)44/h3-9,11-12,14-15,24-25,27,35H,10,13,16H2,1-2H3,(H,47,53)(H,49,50). The van der Waals surface area contributed by atoms with Crippen molar-refractivity contribution in [1.29, 1.82) is 0 Å². The molecule has 2 aromatic carbocycles. The van der Waals surface area contributed by atoms with Gasteiger partial charge in [-0.2, -0.15) is 19.0 Å². The summed E-state index contributed by atoms with van der Waals surface area (Å²) in [6, 6.07) is 9.86. The van der Waals surface area contributed by atoms with Crippen molar-refractivity contribution in [3.63, 3.8) is 0 Å². The molecule has 8 rings (SSSR count). The minimum Gasteiger partial charge on any atom is -0.346 e. The number of alkyl halides is 4. The van der Waals surface area contributed by atoms with E-state index in [9.17, 15) is 30.8 Å². The summed E-state index contributed by atoms with van der Waals surface area (Å²) < 4.78 is 117. The van der Waals surface area contributed by atoms with Gasteiger partial charge < -0.3 is 5.32 Å². The molecule has 0 radical (unpaired) electrons. The van der Waals surface area contributed by atoms with E-state index in [0.717, 1.165) is 18.4 Å². The smallest absolute Gasteiger partial charge is 0.293 e. The van der Waals surface area contributed by atoms with Crippen LogP contribution in [0, 0.1) is 17.6 Å². The van der Waals surface area contributed by atoms with Crippen LogP contribution >= 0.6 is 11.6 Å². The minimum atomic E-state index is -3.82. The second-order valence-electron chi connectivity index (χ2n) is 13.8. The van der Waals surface area contributed by atoms with E-state index in [2.05, 4.69) is 25.2 Å². The summed E-state index contributed by atoms with van der Waals surface area (Å²) in [4.78, 5) is 22.8. The van der Waals surface area contributed by atoms with E-state index in [1.54, 1.807) is 43.7 Å². The van der Waals surface area contributed by atoms with Crippen molar-refractivity contribution < 1.29 is 39.6 Å². The third-order valence-corrected chi connectivity index (χ3v) is 10.8. The first kappa shape index (κ1) is 37.4. The maximum Gasteiger partial charge on any atom is 0.293 e. The van der Waals surface area contributed by atoms with Gasteiger partial charge in [-0.25, -0.2) is 26.0 Å². The van der Waals surface area contributed by atoms with Crippen LogP contribution < -0.4 is 10.0 Å².